The lowest BCUT2D eigenvalue weighted by Gasteiger charge is -2.29. The molecule has 4 heteroatoms. The Labute approximate surface area is 111 Å². The summed E-state index contributed by atoms with van der Waals surface area (Å²) in [6, 6.07) is 5.85. The Morgan fingerprint density at radius 1 is 1.32 bits per heavy atom. The quantitative estimate of drug-likeness (QED) is 0.822. The Kier molecular flexibility index (Phi) is 2.81. The number of carbonyl (C=O) groups is 2. The van der Waals surface area contributed by atoms with Gasteiger partial charge in [-0.3, -0.25) is 9.59 Å². The Balaban J connectivity index is 1.98. The molecule has 0 spiro atoms. The monoisotopic (exact) mass is 260 g/mol. The summed E-state index contributed by atoms with van der Waals surface area (Å²) in [6.45, 7) is 0. The lowest BCUT2D eigenvalue weighted by Crippen LogP contribution is -2.31. The molecule has 1 aromatic carbocycles. The minimum atomic E-state index is -0.969. The maximum Gasteiger partial charge on any atom is 0.314 e. The third-order valence-electron chi connectivity index (χ3n) is 4.48. The van der Waals surface area contributed by atoms with E-state index in [0.29, 0.717) is 12.8 Å². The second kappa shape index (κ2) is 4.37. The van der Waals surface area contributed by atoms with Gasteiger partial charge in [0.1, 0.15) is 17.5 Å². The van der Waals surface area contributed by atoms with Crippen LogP contribution in [0.4, 0.5) is 0 Å². The number of rotatable bonds is 2. The first-order chi connectivity index (χ1) is 9.11. The summed E-state index contributed by atoms with van der Waals surface area (Å²) in [6.07, 6.45) is 1.80. The topological polar surface area (TPSA) is 63.6 Å². The minimum absolute atomic E-state index is 0.0513. The first-order valence-electron chi connectivity index (χ1n) is 6.52. The Morgan fingerprint density at radius 3 is 2.79 bits per heavy atom. The molecule has 0 amide bonds. The van der Waals surface area contributed by atoms with Gasteiger partial charge in [-0.05, 0) is 41.9 Å². The molecule has 0 aliphatic heterocycles. The third kappa shape index (κ3) is 1.82. The highest BCUT2D eigenvalue weighted by molar-refractivity contribution is 6.00. The van der Waals surface area contributed by atoms with Crippen molar-refractivity contribution in [3.05, 3.63) is 29.3 Å². The average Bonchev–Trinajstić information content (AvgIpc) is 2.70. The standard InChI is InChI=1S/C15H16O4/c1-19-13-4-2-3-8-5-11-9(6-10(8)13)7-12(16)14(11)15(17)18/h2-4,9,11,14H,5-7H2,1H3,(H,17,18). The molecular formula is C15H16O4. The summed E-state index contributed by atoms with van der Waals surface area (Å²) in [7, 11) is 1.64. The van der Waals surface area contributed by atoms with E-state index in [0.717, 1.165) is 23.3 Å². The summed E-state index contributed by atoms with van der Waals surface area (Å²) in [4.78, 5) is 23.1. The number of methoxy groups -OCH3 is 1. The number of hydrogen-bond donors (Lipinski definition) is 1. The zero-order valence-corrected chi connectivity index (χ0v) is 10.8. The van der Waals surface area contributed by atoms with Crippen LogP contribution in [0.15, 0.2) is 18.2 Å². The zero-order valence-electron chi connectivity index (χ0n) is 10.8. The number of carboxylic acid groups (broad SMARTS) is 1. The normalized spacial score (nSPS) is 28.7. The van der Waals surface area contributed by atoms with E-state index < -0.39 is 11.9 Å². The molecule has 2 aliphatic rings. The molecular weight excluding hydrogens is 244 g/mol. The molecule has 0 radical (unpaired) electrons. The summed E-state index contributed by atoms with van der Waals surface area (Å²) >= 11 is 0. The van der Waals surface area contributed by atoms with Crippen LogP contribution in [0, 0.1) is 17.8 Å². The van der Waals surface area contributed by atoms with Crippen LogP contribution >= 0.6 is 0 Å². The number of Topliss-reactive ketones (excluding diaryl/α,β-unsaturated/α-hetero) is 1. The molecule has 0 aromatic heterocycles. The van der Waals surface area contributed by atoms with Crippen LogP contribution in [0.2, 0.25) is 0 Å². The molecule has 0 heterocycles. The summed E-state index contributed by atoms with van der Waals surface area (Å²) < 4.78 is 5.36. The van der Waals surface area contributed by atoms with Crippen LogP contribution in [-0.4, -0.2) is 24.0 Å². The van der Waals surface area contributed by atoms with Gasteiger partial charge in [0.2, 0.25) is 0 Å². The number of ketones is 1. The second-order valence-electron chi connectivity index (χ2n) is 5.42. The Morgan fingerprint density at radius 2 is 2.11 bits per heavy atom. The molecule has 3 rings (SSSR count). The number of fused-ring (bicyclic) bond motifs is 2. The third-order valence-corrected chi connectivity index (χ3v) is 4.48. The van der Waals surface area contributed by atoms with Crippen molar-refractivity contribution in [1.29, 1.82) is 0 Å². The van der Waals surface area contributed by atoms with Crippen LogP contribution in [0.5, 0.6) is 5.75 Å². The van der Waals surface area contributed by atoms with Crippen molar-refractivity contribution in [3.8, 4) is 5.75 Å². The lowest BCUT2D eigenvalue weighted by molar-refractivity contribution is -0.146. The van der Waals surface area contributed by atoms with Crippen LogP contribution in [-0.2, 0) is 22.4 Å². The van der Waals surface area contributed by atoms with Gasteiger partial charge in [0.25, 0.3) is 0 Å². The predicted molar refractivity (Wildman–Crippen MR) is 68.1 cm³/mol. The first kappa shape index (κ1) is 12.2. The second-order valence-corrected chi connectivity index (χ2v) is 5.42. The van der Waals surface area contributed by atoms with Crippen molar-refractivity contribution in [3.63, 3.8) is 0 Å². The van der Waals surface area contributed by atoms with Gasteiger partial charge >= 0.3 is 5.97 Å². The zero-order chi connectivity index (χ0) is 13.6. The molecule has 0 saturated heterocycles. The molecule has 1 N–H and O–H groups in total. The van der Waals surface area contributed by atoms with Gasteiger partial charge in [-0.1, -0.05) is 12.1 Å². The molecule has 3 atom stereocenters. The van der Waals surface area contributed by atoms with E-state index in [2.05, 4.69) is 0 Å². The first-order valence-corrected chi connectivity index (χ1v) is 6.52. The molecule has 1 aromatic rings. The van der Waals surface area contributed by atoms with E-state index >= 15 is 0 Å². The SMILES string of the molecule is COc1cccc2c1CC1CC(=O)C(C(=O)O)C1C2. The van der Waals surface area contributed by atoms with Gasteiger partial charge in [0.15, 0.2) is 0 Å². The van der Waals surface area contributed by atoms with Crippen LogP contribution in [0.1, 0.15) is 17.5 Å². The highest BCUT2D eigenvalue weighted by Gasteiger charge is 2.48. The molecule has 3 unspecified atom stereocenters. The van der Waals surface area contributed by atoms with Crippen LogP contribution in [0.25, 0.3) is 0 Å². The van der Waals surface area contributed by atoms with Crippen molar-refractivity contribution in [2.75, 3.05) is 7.11 Å². The van der Waals surface area contributed by atoms with Crippen molar-refractivity contribution < 1.29 is 19.4 Å². The average molecular weight is 260 g/mol. The van der Waals surface area contributed by atoms with Gasteiger partial charge in [-0.25, -0.2) is 0 Å². The van der Waals surface area contributed by atoms with Crippen LogP contribution < -0.4 is 4.74 Å². The molecule has 2 aliphatic carbocycles. The molecule has 100 valence electrons. The van der Waals surface area contributed by atoms with E-state index in [1.165, 1.54) is 0 Å². The maximum absolute atomic E-state index is 11.9. The van der Waals surface area contributed by atoms with Gasteiger partial charge in [-0.15, -0.1) is 0 Å². The van der Waals surface area contributed by atoms with Gasteiger partial charge in [-0.2, -0.15) is 0 Å². The largest absolute Gasteiger partial charge is 0.496 e. The molecule has 4 nitrogen and oxygen atoms in total. The van der Waals surface area contributed by atoms with E-state index in [1.807, 2.05) is 18.2 Å². The minimum Gasteiger partial charge on any atom is -0.496 e. The van der Waals surface area contributed by atoms with E-state index in [4.69, 9.17) is 4.74 Å². The highest BCUT2D eigenvalue weighted by atomic mass is 16.5. The number of ether oxygens (including phenoxy) is 1. The summed E-state index contributed by atoms with van der Waals surface area (Å²) in [5.41, 5.74) is 2.27. The fourth-order valence-electron chi connectivity index (χ4n) is 3.62. The number of benzene rings is 1. The summed E-state index contributed by atoms with van der Waals surface area (Å²) in [5.74, 6) is -0.952. The lowest BCUT2D eigenvalue weighted by atomic mass is 9.74. The van der Waals surface area contributed by atoms with E-state index in [1.54, 1.807) is 7.11 Å². The van der Waals surface area contributed by atoms with Gasteiger partial charge in [0.05, 0.1) is 7.11 Å². The van der Waals surface area contributed by atoms with E-state index in [9.17, 15) is 14.7 Å². The van der Waals surface area contributed by atoms with Crippen LogP contribution in [0.3, 0.4) is 0 Å². The maximum atomic E-state index is 11.9. The van der Waals surface area contributed by atoms with Crippen molar-refractivity contribution in [2.45, 2.75) is 19.3 Å². The number of aliphatic carboxylic acids is 1. The molecule has 1 saturated carbocycles. The van der Waals surface area contributed by atoms with Gasteiger partial charge in [0, 0.05) is 6.42 Å². The molecule has 1 fully saturated rings. The fourth-order valence-corrected chi connectivity index (χ4v) is 3.62. The fraction of sp³-hybridized carbons (Fsp3) is 0.467. The smallest absolute Gasteiger partial charge is 0.314 e. The number of hydrogen-bond acceptors (Lipinski definition) is 3. The molecule has 19 heavy (non-hydrogen) atoms. The Hall–Kier alpha value is -1.84. The van der Waals surface area contributed by atoms with E-state index in [-0.39, 0.29) is 17.6 Å². The highest BCUT2D eigenvalue weighted by Crippen LogP contribution is 2.45. The van der Waals surface area contributed by atoms with Crippen molar-refractivity contribution >= 4 is 11.8 Å². The summed E-state index contributed by atoms with van der Waals surface area (Å²) in [5, 5.41) is 9.23. The predicted octanol–water partition coefficient (Wildman–Crippen LogP) is 1.70. The van der Waals surface area contributed by atoms with Crippen molar-refractivity contribution in [1.82, 2.24) is 0 Å². The number of carboxylic acids is 1. The van der Waals surface area contributed by atoms with Crippen molar-refractivity contribution in [2.24, 2.45) is 17.8 Å². The molecule has 0 bridgehead atoms. The Bertz CT molecular complexity index is 549. The van der Waals surface area contributed by atoms with Gasteiger partial charge < -0.3 is 9.84 Å². The number of carbonyl (C=O) groups excluding carboxylic acids is 1.